The van der Waals surface area contributed by atoms with Gasteiger partial charge >= 0.3 is 10.1 Å². The van der Waals surface area contributed by atoms with Gasteiger partial charge in [-0.2, -0.15) is 8.42 Å². The Hall–Kier alpha value is -2.58. The van der Waals surface area contributed by atoms with E-state index in [0.717, 1.165) is 14.7 Å². The van der Waals surface area contributed by atoms with Crippen molar-refractivity contribution in [3.63, 3.8) is 0 Å². The quantitative estimate of drug-likeness (QED) is 0.437. The molecule has 0 amide bonds. The fourth-order valence-corrected chi connectivity index (χ4v) is 6.17. The van der Waals surface area contributed by atoms with Gasteiger partial charge in [-0.1, -0.05) is 18.2 Å². The van der Waals surface area contributed by atoms with Gasteiger partial charge in [-0.25, -0.2) is 30.4 Å². The summed E-state index contributed by atoms with van der Waals surface area (Å²) in [5, 5.41) is 0.0188. The zero-order valence-electron chi connectivity index (χ0n) is 18.5. The van der Waals surface area contributed by atoms with E-state index >= 15 is 0 Å². The summed E-state index contributed by atoms with van der Waals surface area (Å²) in [5.74, 6) is -0.580. The summed E-state index contributed by atoms with van der Waals surface area (Å²) in [6, 6.07) is 11.0. The number of aromatic nitrogens is 1. The Balaban J connectivity index is 2.50. The first-order valence-corrected chi connectivity index (χ1v) is 13.8. The molecule has 0 saturated heterocycles. The van der Waals surface area contributed by atoms with Crippen LogP contribution in [0.3, 0.4) is 0 Å². The smallest absolute Gasteiger partial charge is 0.339 e. The number of benzene rings is 2. The average molecular weight is 514 g/mol. The lowest BCUT2D eigenvalue weighted by atomic mass is 10.2. The fraction of sp³-hybridized carbons (Fsp3) is 0.250. The van der Waals surface area contributed by atoms with Gasteiger partial charge in [-0.3, -0.25) is 0 Å². The molecular formula is C20H23N3O7S3. The van der Waals surface area contributed by atoms with Crippen LogP contribution in [0, 0.1) is 6.92 Å². The molecule has 0 radical (unpaired) electrons. The first-order valence-electron chi connectivity index (χ1n) is 9.48. The highest BCUT2D eigenvalue weighted by Crippen LogP contribution is 2.39. The highest BCUT2D eigenvalue weighted by atomic mass is 32.2. The second-order valence-corrected chi connectivity index (χ2v) is 13.3. The molecule has 0 aliphatic carbocycles. The molecule has 10 nitrogen and oxygen atoms in total. The molecule has 0 unspecified atom stereocenters. The first kappa shape index (κ1) is 25.1. The minimum Gasteiger partial charge on any atom is -0.375 e. The van der Waals surface area contributed by atoms with E-state index in [1.807, 2.05) is 0 Å². The van der Waals surface area contributed by atoms with Crippen molar-refractivity contribution in [3.05, 3.63) is 54.2 Å². The molecule has 0 spiro atoms. The van der Waals surface area contributed by atoms with Crippen LogP contribution < -0.4 is 4.18 Å². The Bertz CT molecular complexity index is 1530. The molecule has 0 N–H and O–H groups in total. The Kier molecular flexibility index (Phi) is 6.56. The summed E-state index contributed by atoms with van der Waals surface area (Å²) in [5.41, 5.74) is 0.190. The molecule has 0 bridgehead atoms. The molecule has 3 aromatic rings. The average Bonchev–Trinajstić information content (AvgIpc) is 2.73. The summed E-state index contributed by atoms with van der Waals surface area (Å²) < 4.78 is 85.5. The third-order valence-corrected chi connectivity index (χ3v) is 9.65. The number of sulfonamides is 2. The van der Waals surface area contributed by atoms with Crippen LogP contribution >= 0.6 is 0 Å². The molecule has 178 valence electrons. The molecule has 0 aliphatic heterocycles. The highest BCUT2D eigenvalue weighted by molar-refractivity contribution is 7.90. The van der Waals surface area contributed by atoms with E-state index in [4.69, 9.17) is 4.18 Å². The molecule has 13 heteroatoms. The summed E-state index contributed by atoms with van der Waals surface area (Å²) in [6.45, 7) is 1.60. The number of pyridine rings is 1. The molecule has 33 heavy (non-hydrogen) atoms. The van der Waals surface area contributed by atoms with E-state index in [1.54, 1.807) is 13.0 Å². The Labute approximate surface area is 193 Å². The van der Waals surface area contributed by atoms with E-state index in [0.29, 0.717) is 5.69 Å². The first-order chi connectivity index (χ1) is 15.2. The number of fused-ring (bicyclic) bond motifs is 1. The van der Waals surface area contributed by atoms with Crippen LogP contribution in [-0.2, 0) is 30.2 Å². The van der Waals surface area contributed by atoms with E-state index < -0.39 is 40.8 Å². The maximum atomic E-state index is 13.2. The predicted octanol–water partition coefficient (Wildman–Crippen LogP) is 1.81. The number of rotatable bonds is 7. The van der Waals surface area contributed by atoms with Crippen LogP contribution in [0.25, 0.3) is 10.9 Å². The van der Waals surface area contributed by atoms with E-state index in [9.17, 15) is 25.3 Å². The van der Waals surface area contributed by atoms with Crippen LogP contribution in [0.4, 0.5) is 0 Å². The maximum Gasteiger partial charge on any atom is 0.339 e. The summed E-state index contributed by atoms with van der Waals surface area (Å²) in [7, 11) is -7.89. The normalized spacial score (nSPS) is 13.1. The van der Waals surface area contributed by atoms with E-state index in [1.165, 1.54) is 64.6 Å². The molecular weight excluding hydrogens is 490 g/mol. The van der Waals surface area contributed by atoms with Crippen molar-refractivity contribution in [1.29, 1.82) is 0 Å². The zero-order valence-corrected chi connectivity index (χ0v) is 21.0. The lowest BCUT2D eigenvalue weighted by Crippen LogP contribution is -2.26. The van der Waals surface area contributed by atoms with Crippen molar-refractivity contribution in [2.45, 2.75) is 21.6 Å². The van der Waals surface area contributed by atoms with Crippen LogP contribution in [0.2, 0.25) is 0 Å². The Morgan fingerprint density at radius 3 is 1.85 bits per heavy atom. The van der Waals surface area contributed by atoms with E-state index in [-0.39, 0.29) is 20.7 Å². The van der Waals surface area contributed by atoms with Crippen LogP contribution in [0.5, 0.6) is 5.75 Å². The molecule has 2 aromatic carbocycles. The van der Waals surface area contributed by atoms with Crippen molar-refractivity contribution in [2.75, 3.05) is 28.2 Å². The predicted molar refractivity (Wildman–Crippen MR) is 122 cm³/mol. The molecule has 1 heterocycles. The van der Waals surface area contributed by atoms with Gasteiger partial charge in [0.15, 0.2) is 5.75 Å². The second-order valence-electron chi connectivity index (χ2n) is 7.48. The second kappa shape index (κ2) is 8.65. The molecule has 0 fully saturated rings. The third-order valence-electron chi connectivity index (χ3n) is 4.74. The van der Waals surface area contributed by atoms with Crippen LogP contribution in [0.15, 0.2) is 63.2 Å². The molecule has 1 aromatic heterocycles. The van der Waals surface area contributed by atoms with Crippen LogP contribution in [0.1, 0.15) is 5.69 Å². The van der Waals surface area contributed by atoms with E-state index in [2.05, 4.69) is 4.98 Å². The van der Waals surface area contributed by atoms with Gasteiger partial charge in [0.05, 0.1) is 4.90 Å². The number of nitrogens with zero attached hydrogens (tertiary/aromatic N) is 3. The van der Waals surface area contributed by atoms with Gasteiger partial charge in [0, 0.05) is 39.3 Å². The maximum absolute atomic E-state index is 13.2. The Morgan fingerprint density at radius 2 is 1.30 bits per heavy atom. The summed E-state index contributed by atoms with van der Waals surface area (Å²) in [6.07, 6.45) is 0. The monoisotopic (exact) mass is 513 g/mol. The lowest BCUT2D eigenvalue weighted by Gasteiger charge is -2.20. The third kappa shape index (κ3) is 4.59. The van der Waals surface area contributed by atoms with Crippen LogP contribution in [-0.4, -0.2) is 67.0 Å². The minimum absolute atomic E-state index is 0.0188. The van der Waals surface area contributed by atoms with Crippen molar-refractivity contribution in [2.24, 2.45) is 0 Å². The van der Waals surface area contributed by atoms with Gasteiger partial charge in [-0.15, -0.1) is 0 Å². The lowest BCUT2D eigenvalue weighted by molar-refractivity contribution is 0.475. The van der Waals surface area contributed by atoms with Crippen molar-refractivity contribution >= 4 is 41.1 Å². The molecule has 0 saturated carbocycles. The zero-order chi connectivity index (χ0) is 24.8. The van der Waals surface area contributed by atoms with Crippen molar-refractivity contribution in [3.8, 4) is 5.75 Å². The minimum atomic E-state index is -4.47. The van der Waals surface area contributed by atoms with Gasteiger partial charge in [0.25, 0.3) is 0 Å². The SMILES string of the molecule is Cc1ccc2c(S(=O)(=O)N(C)C)cc(S(=O)(=O)N(C)C)c(OS(=O)(=O)c3ccccc3)c2n1. The Morgan fingerprint density at radius 1 is 0.758 bits per heavy atom. The molecule has 0 aliphatic rings. The van der Waals surface area contributed by atoms with Gasteiger partial charge in [0.2, 0.25) is 20.0 Å². The number of hydrogen-bond donors (Lipinski definition) is 0. The van der Waals surface area contributed by atoms with Gasteiger partial charge in [0.1, 0.15) is 15.3 Å². The standard InChI is InChI=1S/C20H23N3O7S3/c1-14-11-12-16-17(31(24,25)22(2)3)13-18(32(26,27)23(4)5)20(19(16)21-14)30-33(28,29)15-9-7-6-8-10-15/h6-13H,1-5H3. The highest BCUT2D eigenvalue weighted by Gasteiger charge is 2.33. The fourth-order valence-electron chi connectivity index (χ4n) is 2.93. The number of aryl methyl sites for hydroxylation is 1. The summed E-state index contributed by atoms with van der Waals surface area (Å²) in [4.78, 5) is 3.07. The summed E-state index contributed by atoms with van der Waals surface area (Å²) >= 11 is 0. The van der Waals surface area contributed by atoms with Gasteiger partial charge in [-0.05, 0) is 37.3 Å². The van der Waals surface area contributed by atoms with Gasteiger partial charge < -0.3 is 4.18 Å². The topological polar surface area (TPSA) is 131 Å². The van der Waals surface area contributed by atoms with Crippen molar-refractivity contribution < 1.29 is 29.4 Å². The largest absolute Gasteiger partial charge is 0.375 e. The number of hydrogen-bond acceptors (Lipinski definition) is 8. The molecule has 3 rings (SSSR count). The molecule has 0 atom stereocenters. The van der Waals surface area contributed by atoms with Crippen molar-refractivity contribution in [1.82, 2.24) is 13.6 Å².